The van der Waals surface area contributed by atoms with Gasteiger partial charge in [-0.15, -0.1) is 11.3 Å². The lowest BCUT2D eigenvalue weighted by Gasteiger charge is -2.37. The van der Waals surface area contributed by atoms with Gasteiger partial charge in [-0.3, -0.25) is 24.8 Å². The van der Waals surface area contributed by atoms with E-state index in [1.807, 2.05) is 29.2 Å². The fourth-order valence-electron chi connectivity index (χ4n) is 4.25. The summed E-state index contributed by atoms with van der Waals surface area (Å²) in [6.45, 7) is 4.89. The number of hydrogen-bond donors (Lipinski definition) is 1. The Morgan fingerprint density at radius 3 is 2.56 bits per heavy atom. The maximum absolute atomic E-state index is 12.9. The number of fused-ring (bicyclic) bond motifs is 1. The summed E-state index contributed by atoms with van der Waals surface area (Å²) < 4.78 is 0. The molecule has 0 aliphatic carbocycles. The SMILES string of the molecule is O=C(Nc1nc2c(s1)CN(CC(=O)N1CCN(c3ccc(Cl)cc3)CC1)CC2)c1ccccn1. The van der Waals surface area contributed by atoms with Crippen molar-refractivity contribution < 1.29 is 9.59 Å². The van der Waals surface area contributed by atoms with Crippen molar-refractivity contribution in [2.45, 2.75) is 13.0 Å². The highest BCUT2D eigenvalue weighted by Gasteiger charge is 2.26. The molecule has 2 aromatic heterocycles. The van der Waals surface area contributed by atoms with E-state index in [4.69, 9.17) is 11.6 Å². The monoisotopic (exact) mass is 496 g/mol. The van der Waals surface area contributed by atoms with Crippen LogP contribution in [0, 0.1) is 0 Å². The average Bonchev–Trinajstić information content (AvgIpc) is 3.26. The summed E-state index contributed by atoms with van der Waals surface area (Å²) in [5, 5.41) is 4.15. The number of piperazine rings is 1. The number of aromatic nitrogens is 2. The minimum atomic E-state index is -0.267. The zero-order valence-corrected chi connectivity index (χ0v) is 20.2. The van der Waals surface area contributed by atoms with E-state index in [2.05, 4.69) is 25.1 Å². The second kappa shape index (κ2) is 10.1. The van der Waals surface area contributed by atoms with Crippen molar-refractivity contribution in [2.75, 3.05) is 49.5 Å². The summed E-state index contributed by atoms with van der Waals surface area (Å²) in [7, 11) is 0. The molecule has 8 nitrogen and oxygen atoms in total. The molecule has 0 atom stereocenters. The molecular formula is C24H25ClN6O2S. The third-order valence-corrected chi connectivity index (χ3v) is 7.36. The number of benzene rings is 1. The average molecular weight is 497 g/mol. The Bertz CT molecular complexity index is 1160. The number of pyridine rings is 1. The molecule has 2 aliphatic rings. The van der Waals surface area contributed by atoms with Gasteiger partial charge in [-0.25, -0.2) is 4.98 Å². The second-order valence-electron chi connectivity index (χ2n) is 8.36. The summed E-state index contributed by atoms with van der Waals surface area (Å²) in [5.74, 6) is -0.108. The van der Waals surface area contributed by atoms with Gasteiger partial charge in [0.15, 0.2) is 5.13 Å². The van der Waals surface area contributed by atoms with E-state index in [9.17, 15) is 9.59 Å². The summed E-state index contributed by atoms with van der Waals surface area (Å²) in [5.41, 5.74) is 2.50. The number of carbonyl (C=O) groups excluding carboxylic acids is 2. The molecule has 0 bridgehead atoms. The molecular weight excluding hydrogens is 472 g/mol. The first kappa shape index (κ1) is 22.8. The molecule has 4 heterocycles. The van der Waals surface area contributed by atoms with Crippen LogP contribution in [0.5, 0.6) is 0 Å². The Hall–Kier alpha value is -3.01. The van der Waals surface area contributed by atoms with Crippen LogP contribution >= 0.6 is 22.9 Å². The second-order valence-corrected chi connectivity index (χ2v) is 9.88. The first-order valence-electron chi connectivity index (χ1n) is 11.3. The number of anilines is 2. The summed E-state index contributed by atoms with van der Waals surface area (Å²) in [4.78, 5) is 41.5. The van der Waals surface area contributed by atoms with Gasteiger partial charge in [-0.2, -0.15) is 0 Å². The molecule has 2 amide bonds. The summed E-state index contributed by atoms with van der Waals surface area (Å²) >= 11 is 7.46. The Balaban J connectivity index is 1.13. The van der Waals surface area contributed by atoms with Crippen LogP contribution in [0.15, 0.2) is 48.7 Å². The van der Waals surface area contributed by atoms with E-state index < -0.39 is 0 Å². The number of nitrogens with one attached hydrogen (secondary N) is 1. The van der Waals surface area contributed by atoms with Gasteiger partial charge in [0.1, 0.15) is 5.69 Å². The maximum Gasteiger partial charge on any atom is 0.276 e. The maximum atomic E-state index is 12.9. The lowest BCUT2D eigenvalue weighted by molar-refractivity contribution is -0.132. The summed E-state index contributed by atoms with van der Waals surface area (Å²) in [6, 6.07) is 13.1. The van der Waals surface area contributed by atoms with Crippen molar-refractivity contribution in [1.29, 1.82) is 0 Å². The molecule has 3 aromatic rings. The van der Waals surface area contributed by atoms with Crippen molar-refractivity contribution in [3.05, 3.63) is 69.9 Å². The summed E-state index contributed by atoms with van der Waals surface area (Å²) in [6.07, 6.45) is 2.36. The molecule has 5 rings (SSSR count). The minimum Gasteiger partial charge on any atom is -0.368 e. The van der Waals surface area contributed by atoms with Crippen LogP contribution in [0.25, 0.3) is 0 Å². The number of hydrogen-bond acceptors (Lipinski definition) is 7. The number of amides is 2. The Morgan fingerprint density at radius 1 is 1.03 bits per heavy atom. The molecule has 34 heavy (non-hydrogen) atoms. The lowest BCUT2D eigenvalue weighted by atomic mass is 10.2. The third kappa shape index (κ3) is 5.22. The van der Waals surface area contributed by atoms with Crippen LogP contribution < -0.4 is 10.2 Å². The van der Waals surface area contributed by atoms with Crippen LogP contribution in [-0.4, -0.2) is 70.9 Å². The predicted molar refractivity (Wildman–Crippen MR) is 134 cm³/mol. The first-order valence-corrected chi connectivity index (χ1v) is 12.5. The van der Waals surface area contributed by atoms with Crippen LogP contribution in [0.3, 0.4) is 0 Å². The van der Waals surface area contributed by atoms with Gasteiger partial charge in [-0.05, 0) is 36.4 Å². The van der Waals surface area contributed by atoms with Crippen LogP contribution in [-0.2, 0) is 17.8 Å². The predicted octanol–water partition coefficient (Wildman–Crippen LogP) is 3.15. The molecule has 2 aliphatic heterocycles. The van der Waals surface area contributed by atoms with Crippen molar-refractivity contribution in [3.8, 4) is 0 Å². The zero-order valence-electron chi connectivity index (χ0n) is 18.6. The quantitative estimate of drug-likeness (QED) is 0.584. The topological polar surface area (TPSA) is 81.7 Å². The highest BCUT2D eigenvalue weighted by Crippen LogP contribution is 2.28. The molecule has 0 unspecified atom stereocenters. The van der Waals surface area contributed by atoms with Crippen molar-refractivity contribution in [3.63, 3.8) is 0 Å². The normalized spacial score (nSPS) is 16.3. The highest BCUT2D eigenvalue weighted by atomic mass is 35.5. The number of nitrogens with zero attached hydrogens (tertiary/aromatic N) is 5. The molecule has 0 spiro atoms. The Labute approximate surface area is 207 Å². The molecule has 1 N–H and O–H groups in total. The number of thiazole rings is 1. The lowest BCUT2D eigenvalue weighted by Crippen LogP contribution is -2.51. The zero-order chi connectivity index (χ0) is 23.5. The van der Waals surface area contributed by atoms with Crippen molar-refractivity contribution >= 4 is 45.6 Å². The molecule has 0 radical (unpaired) electrons. The minimum absolute atomic E-state index is 0.160. The van der Waals surface area contributed by atoms with E-state index in [1.54, 1.807) is 24.4 Å². The highest BCUT2D eigenvalue weighted by molar-refractivity contribution is 7.15. The van der Waals surface area contributed by atoms with Gasteiger partial charge in [-0.1, -0.05) is 17.7 Å². The van der Waals surface area contributed by atoms with Gasteiger partial charge in [0, 0.05) is 67.5 Å². The Kier molecular flexibility index (Phi) is 6.75. The first-order chi connectivity index (χ1) is 16.5. The van der Waals surface area contributed by atoms with Gasteiger partial charge < -0.3 is 9.80 Å². The fraction of sp³-hybridized carbons (Fsp3) is 0.333. The van der Waals surface area contributed by atoms with E-state index in [-0.39, 0.29) is 11.8 Å². The fourth-order valence-corrected chi connectivity index (χ4v) is 5.42. The van der Waals surface area contributed by atoms with Gasteiger partial charge in [0.05, 0.1) is 12.2 Å². The number of rotatable bonds is 5. The van der Waals surface area contributed by atoms with E-state index in [0.29, 0.717) is 37.0 Å². The molecule has 10 heteroatoms. The molecule has 1 fully saturated rings. The van der Waals surface area contributed by atoms with Crippen molar-refractivity contribution in [1.82, 2.24) is 19.8 Å². The van der Waals surface area contributed by atoms with E-state index in [1.165, 1.54) is 11.3 Å². The number of carbonyl (C=O) groups is 2. The molecule has 1 saturated heterocycles. The van der Waals surface area contributed by atoms with Gasteiger partial charge >= 0.3 is 0 Å². The molecule has 0 saturated carbocycles. The van der Waals surface area contributed by atoms with Crippen LogP contribution in [0.1, 0.15) is 21.1 Å². The van der Waals surface area contributed by atoms with E-state index >= 15 is 0 Å². The molecule has 176 valence electrons. The van der Waals surface area contributed by atoms with E-state index in [0.717, 1.165) is 47.3 Å². The van der Waals surface area contributed by atoms with Crippen LogP contribution in [0.4, 0.5) is 10.8 Å². The van der Waals surface area contributed by atoms with Gasteiger partial charge in [0.25, 0.3) is 5.91 Å². The smallest absolute Gasteiger partial charge is 0.276 e. The largest absolute Gasteiger partial charge is 0.368 e. The van der Waals surface area contributed by atoms with Crippen LogP contribution in [0.2, 0.25) is 5.02 Å². The van der Waals surface area contributed by atoms with Gasteiger partial charge in [0.2, 0.25) is 5.91 Å². The standard InChI is InChI=1S/C24H25ClN6O2S/c25-17-4-6-18(7-5-17)30-11-13-31(14-12-30)22(32)16-29-10-8-19-21(15-29)34-24(27-19)28-23(33)20-3-1-2-9-26-20/h1-7,9H,8,10-16H2,(H,27,28,33). The third-order valence-electron chi connectivity index (χ3n) is 6.11. The molecule has 1 aromatic carbocycles. The van der Waals surface area contributed by atoms with Crippen molar-refractivity contribution in [2.24, 2.45) is 0 Å². The Morgan fingerprint density at radius 2 is 1.82 bits per heavy atom. The number of halogens is 1.